The SMILES string of the molecule is Cc1cccc(OC(CCN2CCOCC2)c2ccccc2)c1. The van der Waals surface area contributed by atoms with E-state index in [-0.39, 0.29) is 6.10 Å². The first kappa shape index (κ1) is 16.0. The lowest BCUT2D eigenvalue weighted by molar-refractivity contribution is 0.0317. The largest absolute Gasteiger partial charge is 0.486 e. The Labute approximate surface area is 138 Å². The monoisotopic (exact) mass is 311 g/mol. The van der Waals surface area contributed by atoms with Crippen molar-refractivity contribution in [2.24, 2.45) is 0 Å². The molecule has 3 rings (SSSR count). The summed E-state index contributed by atoms with van der Waals surface area (Å²) in [5, 5.41) is 0. The van der Waals surface area contributed by atoms with Crippen LogP contribution in [0.4, 0.5) is 0 Å². The standard InChI is InChI=1S/C20H25NO2/c1-17-6-5-9-19(16-17)23-20(18-7-3-2-4-8-18)10-11-21-12-14-22-15-13-21/h2-9,16,20H,10-15H2,1H3. The number of morpholine rings is 1. The van der Waals surface area contributed by atoms with E-state index in [1.54, 1.807) is 0 Å². The highest BCUT2D eigenvalue weighted by Crippen LogP contribution is 2.25. The van der Waals surface area contributed by atoms with Gasteiger partial charge in [-0.25, -0.2) is 0 Å². The highest BCUT2D eigenvalue weighted by Gasteiger charge is 2.17. The molecule has 1 saturated heterocycles. The summed E-state index contributed by atoms with van der Waals surface area (Å²) in [6.45, 7) is 6.86. The number of hydrogen-bond donors (Lipinski definition) is 0. The molecule has 0 N–H and O–H groups in total. The molecule has 0 amide bonds. The summed E-state index contributed by atoms with van der Waals surface area (Å²) >= 11 is 0. The molecule has 1 aliphatic rings. The van der Waals surface area contributed by atoms with Gasteiger partial charge in [0.05, 0.1) is 13.2 Å². The van der Waals surface area contributed by atoms with Crippen LogP contribution in [0.1, 0.15) is 23.7 Å². The quantitative estimate of drug-likeness (QED) is 0.809. The second-order valence-corrected chi connectivity index (χ2v) is 6.08. The van der Waals surface area contributed by atoms with Crippen molar-refractivity contribution in [3.8, 4) is 5.75 Å². The molecular formula is C20H25NO2. The smallest absolute Gasteiger partial charge is 0.125 e. The van der Waals surface area contributed by atoms with Crippen molar-refractivity contribution >= 4 is 0 Å². The summed E-state index contributed by atoms with van der Waals surface area (Å²) in [7, 11) is 0. The second-order valence-electron chi connectivity index (χ2n) is 6.08. The fourth-order valence-corrected chi connectivity index (χ4v) is 2.94. The highest BCUT2D eigenvalue weighted by atomic mass is 16.5. The van der Waals surface area contributed by atoms with Crippen molar-refractivity contribution in [1.29, 1.82) is 0 Å². The third kappa shape index (κ3) is 4.81. The van der Waals surface area contributed by atoms with Gasteiger partial charge < -0.3 is 9.47 Å². The van der Waals surface area contributed by atoms with Gasteiger partial charge in [-0.1, -0.05) is 42.5 Å². The number of nitrogens with zero attached hydrogens (tertiary/aromatic N) is 1. The molecule has 0 saturated carbocycles. The third-order valence-electron chi connectivity index (χ3n) is 4.25. The van der Waals surface area contributed by atoms with Crippen molar-refractivity contribution < 1.29 is 9.47 Å². The van der Waals surface area contributed by atoms with Crippen LogP contribution in [0.15, 0.2) is 54.6 Å². The van der Waals surface area contributed by atoms with Crippen LogP contribution >= 0.6 is 0 Å². The molecule has 0 aromatic heterocycles. The first-order chi connectivity index (χ1) is 11.3. The zero-order valence-electron chi connectivity index (χ0n) is 13.8. The van der Waals surface area contributed by atoms with Gasteiger partial charge in [0, 0.05) is 26.1 Å². The van der Waals surface area contributed by atoms with Gasteiger partial charge in [0.15, 0.2) is 0 Å². The van der Waals surface area contributed by atoms with E-state index in [0.717, 1.165) is 45.0 Å². The lowest BCUT2D eigenvalue weighted by Crippen LogP contribution is -2.37. The van der Waals surface area contributed by atoms with Crippen LogP contribution in [0.2, 0.25) is 0 Å². The molecule has 3 nitrogen and oxygen atoms in total. The molecule has 0 bridgehead atoms. The second kappa shape index (κ2) is 8.14. The van der Waals surface area contributed by atoms with E-state index < -0.39 is 0 Å². The van der Waals surface area contributed by atoms with Gasteiger partial charge in [-0.2, -0.15) is 0 Å². The van der Waals surface area contributed by atoms with Crippen LogP contribution in [-0.4, -0.2) is 37.7 Å². The summed E-state index contributed by atoms with van der Waals surface area (Å²) in [5.74, 6) is 0.945. The molecule has 2 aromatic carbocycles. The summed E-state index contributed by atoms with van der Waals surface area (Å²) in [4.78, 5) is 2.46. The molecule has 0 aliphatic carbocycles. The molecule has 1 fully saturated rings. The van der Waals surface area contributed by atoms with E-state index in [2.05, 4.69) is 60.4 Å². The van der Waals surface area contributed by atoms with E-state index in [9.17, 15) is 0 Å². The minimum absolute atomic E-state index is 0.0841. The molecule has 2 aromatic rings. The van der Waals surface area contributed by atoms with Crippen molar-refractivity contribution in [1.82, 2.24) is 4.90 Å². The Morgan fingerprint density at radius 3 is 2.57 bits per heavy atom. The van der Waals surface area contributed by atoms with E-state index in [0.29, 0.717) is 0 Å². The zero-order chi connectivity index (χ0) is 15.9. The van der Waals surface area contributed by atoms with Crippen LogP contribution in [0.3, 0.4) is 0 Å². The summed E-state index contributed by atoms with van der Waals surface area (Å²) < 4.78 is 11.7. The number of ether oxygens (including phenoxy) is 2. The van der Waals surface area contributed by atoms with Crippen molar-refractivity contribution in [3.05, 3.63) is 65.7 Å². The molecule has 23 heavy (non-hydrogen) atoms. The molecule has 1 atom stereocenters. The number of hydrogen-bond acceptors (Lipinski definition) is 3. The van der Waals surface area contributed by atoms with E-state index in [1.807, 2.05) is 6.07 Å². The van der Waals surface area contributed by atoms with Gasteiger partial charge in [-0.05, 0) is 30.2 Å². The normalized spacial score (nSPS) is 16.9. The fraction of sp³-hybridized carbons (Fsp3) is 0.400. The van der Waals surface area contributed by atoms with E-state index >= 15 is 0 Å². The average Bonchev–Trinajstić information content (AvgIpc) is 2.60. The maximum atomic E-state index is 6.31. The Morgan fingerprint density at radius 2 is 1.83 bits per heavy atom. The Bertz CT molecular complexity index is 594. The van der Waals surface area contributed by atoms with Crippen LogP contribution in [0, 0.1) is 6.92 Å². The van der Waals surface area contributed by atoms with Gasteiger partial charge in [-0.3, -0.25) is 4.90 Å². The van der Waals surface area contributed by atoms with Crippen LogP contribution < -0.4 is 4.74 Å². The summed E-state index contributed by atoms with van der Waals surface area (Å²) in [6, 6.07) is 18.8. The summed E-state index contributed by atoms with van der Waals surface area (Å²) in [5.41, 5.74) is 2.46. The molecule has 0 radical (unpaired) electrons. The number of benzene rings is 2. The van der Waals surface area contributed by atoms with Crippen LogP contribution in [-0.2, 0) is 4.74 Å². The Kier molecular flexibility index (Phi) is 5.67. The van der Waals surface area contributed by atoms with Crippen molar-refractivity contribution in [2.75, 3.05) is 32.8 Å². The third-order valence-corrected chi connectivity index (χ3v) is 4.25. The first-order valence-corrected chi connectivity index (χ1v) is 8.39. The number of rotatable bonds is 6. The van der Waals surface area contributed by atoms with Gasteiger partial charge in [0.2, 0.25) is 0 Å². The molecule has 1 heterocycles. The minimum Gasteiger partial charge on any atom is -0.486 e. The first-order valence-electron chi connectivity index (χ1n) is 8.39. The molecule has 1 unspecified atom stereocenters. The van der Waals surface area contributed by atoms with Gasteiger partial charge in [-0.15, -0.1) is 0 Å². The van der Waals surface area contributed by atoms with Gasteiger partial charge >= 0.3 is 0 Å². The molecule has 1 aliphatic heterocycles. The topological polar surface area (TPSA) is 21.7 Å². The molecular weight excluding hydrogens is 286 g/mol. The van der Waals surface area contributed by atoms with E-state index in [4.69, 9.17) is 9.47 Å². The zero-order valence-corrected chi connectivity index (χ0v) is 13.8. The number of aryl methyl sites for hydroxylation is 1. The predicted octanol–water partition coefficient (Wildman–Crippen LogP) is 3.84. The maximum absolute atomic E-state index is 6.31. The van der Waals surface area contributed by atoms with Gasteiger partial charge in [0.1, 0.15) is 11.9 Å². The van der Waals surface area contributed by atoms with Crippen LogP contribution in [0.25, 0.3) is 0 Å². The maximum Gasteiger partial charge on any atom is 0.125 e. The van der Waals surface area contributed by atoms with Crippen molar-refractivity contribution in [2.45, 2.75) is 19.4 Å². The molecule has 0 spiro atoms. The molecule has 122 valence electrons. The van der Waals surface area contributed by atoms with Crippen molar-refractivity contribution in [3.63, 3.8) is 0 Å². The van der Waals surface area contributed by atoms with Gasteiger partial charge in [0.25, 0.3) is 0 Å². The summed E-state index contributed by atoms with van der Waals surface area (Å²) in [6.07, 6.45) is 1.07. The average molecular weight is 311 g/mol. The van der Waals surface area contributed by atoms with E-state index in [1.165, 1.54) is 11.1 Å². The van der Waals surface area contributed by atoms with Crippen LogP contribution in [0.5, 0.6) is 5.75 Å². The lowest BCUT2D eigenvalue weighted by atomic mass is 10.1. The Morgan fingerprint density at radius 1 is 1.04 bits per heavy atom. The minimum atomic E-state index is 0.0841. The molecule has 3 heteroatoms. The predicted molar refractivity (Wildman–Crippen MR) is 92.9 cm³/mol. The Hall–Kier alpha value is -1.84. The fourth-order valence-electron chi connectivity index (χ4n) is 2.94. The highest BCUT2D eigenvalue weighted by molar-refractivity contribution is 5.29. The Balaban J connectivity index is 1.68. The lowest BCUT2D eigenvalue weighted by Gasteiger charge is -2.28.